The second-order valence-corrected chi connectivity index (χ2v) is 4.88. The lowest BCUT2D eigenvalue weighted by molar-refractivity contribution is -0.0921. The number of aliphatic hydroxyl groups is 1. The summed E-state index contributed by atoms with van der Waals surface area (Å²) in [6.07, 6.45) is 5.10. The van der Waals surface area contributed by atoms with Crippen LogP contribution in [0.15, 0.2) is 0 Å². The predicted molar refractivity (Wildman–Crippen MR) is 52.8 cm³/mol. The third kappa shape index (κ3) is 1.16. The monoisotopic (exact) mass is 197 g/mol. The second kappa shape index (κ2) is 3.19. The van der Waals surface area contributed by atoms with E-state index in [4.69, 9.17) is 4.74 Å². The number of hydrogen-bond acceptors (Lipinski definition) is 3. The molecule has 0 aromatic heterocycles. The molecule has 80 valence electrons. The Morgan fingerprint density at radius 1 is 1.07 bits per heavy atom. The van der Waals surface area contributed by atoms with Gasteiger partial charge < -0.3 is 9.84 Å². The van der Waals surface area contributed by atoms with E-state index in [1.807, 2.05) is 0 Å². The van der Waals surface area contributed by atoms with Gasteiger partial charge in [-0.15, -0.1) is 0 Å². The zero-order chi connectivity index (χ0) is 9.60. The Morgan fingerprint density at radius 2 is 1.64 bits per heavy atom. The molecule has 0 spiro atoms. The number of morpholine rings is 1. The Bertz CT molecular complexity index is 213. The highest BCUT2D eigenvalue weighted by Crippen LogP contribution is 2.60. The standard InChI is InChI=1S/C11H19NO2/c13-11(12-5-7-14-8-6-12)9-3-1-2-4-10(9)11/h9-10,13H,1-8H2. The Kier molecular flexibility index (Phi) is 2.08. The van der Waals surface area contributed by atoms with Gasteiger partial charge in [0.1, 0.15) is 5.72 Å². The summed E-state index contributed by atoms with van der Waals surface area (Å²) in [5.74, 6) is 1.16. The summed E-state index contributed by atoms with van der Waals surface area (Å²) in [5.41, 5.74) is -0.430. The summed E-state index contributed by atoms with van der Waals surface area (Å²) in [7, 11) is 0. The normalized spacial score (nSPS) is 48.6. The molecule has 3 heteroatoms. The molecule has 0 aromatic carbocycles. The number of rotatable bonds is 1. The Morgan fingerprint density at radius 3 is 2.21 bits per heavy atom. The van der Waals surface area contributed by atoms with E-state index in [-0.39, 0.29) is 0 Å². The Balaban J connectivity index is 1.71. The average molecular weight is 197 g/mol. The SMILES string of the molecule is OC1(N2CCOCC2)C2CCCCC21. The maximum absolute atomic E-state index is 10.6. The van der Waals surface area contributed by atoms with Crippen LogP contribution in [0.25, 0.3) is 0 Å². The van der Waals surface area contributed by atoms with Crippen LogP contribution in [0.4, 0.5) is 0 Å². The third-order valence-corrected chi connectivity index (χ3v) is 4.27. The van der Waals surface area contributed by atoms with Crippen LogP contribution in [0.1, 0.15) is 25.7 Å². The van der Waals surface area contributed by atoms with Gasteiger partial charge in [-0.1, -0.05) is 12.8 Å². The summed E-state index contributed by atoms with van der Waals surface area (Å²) in [6.45, 7) is 3.43. The van der Waals surface area contributed by atoms with Gasteiger partial charge in [0, 0.05) is 24.9 Å². The van der Waals surface area contributed by atoms with Crippen LogP contribution >= 0.6 is 0 Å². The van der Waals surface area contributed by atoms with E-state index in [0.29, 0.717) is 11.8 Å². The highest BCUT2D eigenvalue weighted by Gasteiger charge is 2.66. The molecule has 3 fully saturated rings. The van der Waals surface area contributed by atoms with Crippen molar-refractivity contribution in [1.29, 1.82) is 0 Å². The van der Waals surface area contributed by atoms with E-state index in [0.717, 1.165) is 26.3 Å². The summed E-state index contributed by atoms with van der Waals surface area (Å²) >= 11 is 0. The number of ether oxygens (including phenoxy) is 1. The fourth-order valence-electron chi connectivity index (χ4n) is 3.45. The lowest BCUT2D eigenvalue weighted by atomic mass is 10.0. The molecule has 2 saturated carbocycles. The molecule has 0 bridgehead atoms. The van der Waals surface area contributed by atoms with Gasteiger partial charge in [-0.25, -0.2) is 0 Å². The third-order valence-electron chi connectivity index (χ3n) is 4.27. The van der Waals surface area contributed by atoms with Crippen LogP contribution in [0.3, 0.4) is 0 Å². The van der Waals surface area contributed by atoms with Crippen molar-refractivity contribution < 1.29 is 9.84 Å². The van der Waals surface area contributed by atoms with E-state index in [2.05, 4.69) is 4.90 Å². The lowest BCUT2D eigenvalue weighted by Gasteiger charge is -2.32. The van der Waals surface area contributed by atoms with Crippen LogP contribution in [0.5, 0.6) is 0 Å². The zero-order valence-corrected chi connectivity index (χ0v) is 8.61. The Labute approximate surface area is 85.0 Å². The molecule has 1 saturated heterocycles. The molecule has 0 radical (unpaired) electrons. The molecule has 2 unspecified atom stereocenters. The molecule has 3 nitrogen and oxygen atoms in total. The van der Waals surface area contributed by atoms with Crippen LogP contribution in [-0.2, 0) is 4.74 Å². The molecule has 0 aromatic rings. The number of hydrogen-bond donors (Lipinski definition) is 1. The highest BCUT2D eigenvalue weighted by atomic mass is 16.5. The summed E-state index contributed by atoms with van der Waals surface area (Å²) in [4.78, 5) is 2.26. The summed E-state index contributed by atoms with van der Waals surface area (Å²) in [5, 5.41) is 10.6. The van der Waals surface area contributed by atoms with E-state index < -0.39 is 5.72 Å². The van der Waals surface area contributed by atoms with Gasteiger partial charge in [0.2, 0.25) is 0 Å². The van der Waals surface area contributed by atoms with Crippen molar-refractivity contribution in [2.24, 2.45) is 11.8 Å². The largest absolute Gasteiger partial charge is 0.379 e. The van der Waals surface area contributed by atoms with Crippen molar-refractivity contribution in [3.8, 4) is 0 Å². The van der Waals surface area contributed by atoms with E-state index >= 15 is 0 Å². The smallest absolute Gasteiger partial charge is 0.125 e. The first-order chi connectivity index (χ1) is 6.83. The van der Waals surface area contributed by atoms with Crippen LogP contribution in [0, 0.1) is 11.8 Å². The molecule has 2 aliphatic carbocycles. The minimum atomic E-state index is -0.430. The van der Waals surface area contributed by atoms with Crippen LogP contribution in [0.2, 0.25) is 0 Å². The van der Waals surface area contributed by atoms with Crippen LogP contribution < -0.4 is 0 Å². The molecular formula is C11H19NO2. The molecular weight excluding hydrogens is 178 g/mol. The molecule has 1 N–H and O–H groups in total. The fraction of sp³-hybridized carbons (Fsp3) is 1.00. The van der Waals surface area contributed by atoms with E-state index in [9.17, 15) is 5.11 Å². The molecule has 1 aliphatic heterocycles. The van der Waals surface area contributed by atoms with Gasteiger partial charge >= 0.3 is 0 Å². The van der Waals surface area contributed by atoms with Gasteiger partial charge in [-0.2, -0.15) is 0 Å². The van der Waals surface area contributed by atoms with Gasteiger partial charge in [0.25, 0.3) is 0 Å². The molecule has 3 aliphatic rings. The van der Waals surface area contributed by atoms with Crippen molar-refractivity contribution in [1.82, 2.24) is 4.90 Å². The molecule has 0 amide bonds. The average Bonchev–Trinajstić information content (AvgIpc) is 2.89. The van der Waals surface area contributed by atoms with Gasteiger partial charge in [-0.3, -0.25) is 4.90 Å². The Hall–Kier alpha value is -0.120. The van der Waals surface area contributed by atoms with Gasteiger partial charge in [-0.05, 0) is 12.8 Å². The minimum Gasteiger partial charge on any atom is -0.379 e. The summed E-state index contributed by atoms with van der Waals surface area (Å²) in [6, 6.07) is 0. The molecule has 2 atom stereocenters. The maximum Gasteiger partial charge on any atom is 0.125 e. The lowest BCUT2D eigenvalue weighted by Crippen LogP contribution is -2.47. The minimum absolute atomic E-state index is 0.430. The van der Waals surface area contributed by atoms with Gasteiger partial charge in [0.15, 0.2) is 0 Å². The quantitative estimate of drug-likeness (QED) is 0.675. The zero-order valence-electron chi connectivity index (χ0n) is 8.61. The number of fused-ring (bicyclic) bond motifs is 1. The first-order valence-corrected chi connectivity index (χ1v) is 5.88. The van der Waals surface area contributed by atoms with Crippen molar-refractivity contribution in [2.75, 3.05) is 26.3 Å². The first-order valence-electron chi connectivity index (χ1n) is 5.88. The predicted octanol–water partition coefficient (Wildman–Crippen LogP) is 0.827. The maximum atomic E-state index is 10.6. The molecule has 14 heavy (non-hydrogen) atoms. The van der Waals surface area contributed by atoms with Gasteiger partial charge in [0.05, 0.1) is 13.2 Å². The van der Waals surface area contributed by atoms with Crippen molar-refractivity contribution >= 4 is 0 Å². The van der Waals surface area contributed by atoms with E-state index in [1.54, 1.807) is 0 Å². The van der Waals surface area contributed by atoms with Crippen LogP contribution in [-0.4, -0.2) is 42.0 Å². The fourth-order valence-corrected chi connectivity index (χ4v) is 3.45. The highest BCUT2D eigenvalue weighted by molar-refractivity contribution is 5.12. The van der Waals surface area contributed by atoms with Crippen molar-refractivity contribution in [2.45, 2.75) is 31.4 Å². The van der Waals surface area contributed by atoms with Crippen molar-refractivity contribution in [3.63, 3.8) is 0 Å². The van der Waals surface area contributed by atoms with Crippen molar-refractivity contribution in [3.05, 3.63) is 0 Å². The van der Waals surface area contributed by atoms with E-state index in [1.165, 1.54) is 25.7 Å². The first kappa shape index (κ1) is 9.13. The number of nitrogens with zero attached hydrogens (tertiary/aromatic N) is 1. The summed E-state index contributed by atoms with van der Waals surface area (Å²) < 4.78 is 5.32. The topological polar surface area (TPSA) is 32.7 Å². The molecule has 1 heterocycles. The molecule has 3 rings (SSSR count). The second-order valence-electron chi connectivity index (χ2n) is 4.88.